The number of hydrogen-bond donors (Lipinski definition) is 1. The molecule has 0 atom stereocenters. The molecule has 1 N–H and O–H groups in total. The molecule has 0 spiro atoms. The van der Waals surface area contributed by atoms with Gasteiger partial charge in [-0.25, -0.2) is 0 Å². The van der Waals surface area contributed by atoms with Gasteiger partial charge < -0.3 is 5.11 Å². The first-order valence-electron chi connectivity index (χ1n) is 5.02. The van der Waals surface area contributed by atoms with Crippen molar-refractivity contribution in [3.63, 3.8) is 0 Å². The number of halogens is 4. The smallest absolute Gasteiger partial charge is 0.123 e. The summed E-state index contributed by atoms with van der Waals surface area (Å²) in [7, 11) is 0. The lowest BCUT2D eigenvalue weighted by Crippen LogP contribution is -1.73. The van der Waals surface area contributed by atoms with Crippen LogP contribution in [0.15, 0.2) is 40.6 Å². The minimum atomic E-state index is 0.0477. The molecule has 2 aromatic rings. The molecule has 0 fully saturated rings. The third kappa shape index (κ3) is 3.51. The first kappa shape index (κ1) is 14.4. The third-order valence-electron chi connectivity index (χ3n) is 2.17. The van der Waals surface area contributed by atoms with Crippen molar-refractivity contribution in [3.8, 4) is 5.75 Å². The number of rotatable bonds is 2. The molecule has 0 heterocycles. The Morgan fingerprint density at radius 3 is 2.00 bits per heavy atom. The summed E-state index contributed by atoms with van der Waals surface area (Å²) in [6.45, 7) is 0. The number of hydrogen-bond acceptors (Lipinski definition) is 3. The van der Waals surface area contributed by atoms with Crippen LogP contribution < -0.4 is 0 Å². The van der Waals surface area contributed by atoms with Crippen molar-refractivity contribution in [3.05, 3.63) is 50.4 Å². The lowest BCUT2D eigenvalue weighted by Gasteiger charge is -2.02. The Bertz CT molecular complexity index is 635. The summed E-state index contributed by atoms with van der Waals surface area (Å²) in [5, 5.41) is 18.4. The van der Waals surface area contributed by atoms with Crippen molar-refractivity contribution in [1.29, 1.82) is 0 Å². The molecule has 0 saturated carbocycles. The molecule has 7 heteroatoms. The predicted octanol–water partition coefficient (Wildman–Crippen LogP) is 6.42. The van der Waals surface area contributed by atoms with Gasteiger partial charge in [0, 0.05) is 11.1 Å². The fourth-order valence-corrected chi connectivity index (χ4v) is 2.42. The largest absolute Gasteiger partial charge is 0.508 e. The highest BCUT2D eigenvalue weighted by Crippen LogP contribution is 2.38. The monoisotopic (exact) mass is 334 g/mol. The Balaban J connectivity index is 2.38. The molecule has 0 saturated heterocycles. The van der Waals surface area contributed by atoms with E-state index in [-0.39, 0.29) is 20.8 Å². The van der Waals surface area contributed by atoms with Gasteiger partial charge in [0.25, 0.3) is 0 Å². The van der Waals surface area contributed by atoms with Crippen LogP contribution in [-0.4, -0.2) is 5.11 Å². The van der Waals surface area contributed by atoms with E-state index in [1.54, 1.807) is 0 Å². The van der Waals surface area contributed by atoms with Gasteiger partial charge in [-0.1, -0.05) is 46.4 Å². The number of phenolic OH excluding ortho intramolecular Hbond substituents is 1. The average Bonchev–Trinajstić information content (AvgIpc) is 2.30. The van der Waals surface area contributed by atoms with E-state index in [0.29, 0.717) is 16.4 Å². The van der Waals surface area contributed by atoms with E-state index in [2.05, 4.69) is 10.2 Å². The maximum Gasteiger partial charge on any atom is 0.123 e. The Morgan fingerprint density at radius 2 is 1.42 bits per heavy atom. The zero-order valence-electron chi connectivity index (χ0n) is 9.24. The van der Waals surface area contributed by atoms with Crippen molar-refractivity contribution >= 4 is 57.8 Å². The maximum absolute atomic E-state index is 9.23. The standard InChI is InChI=1S/C12H6Cl4N2O/c13-6-3-9(15)12(10(16)4-6)18-17-11-2-1-7(19)5-8(11)14/h1-5,19H/b18-17+. The quantitative estimate of drug-likeness (QED) is 0.632. The van der Waals surface area contributed by atoms with Crippen LogP contribution in [0.1, 0.15) is 0 Å². The molecule has 0 aromatic heterocycles. The zero-order chi connectivity index (χ0) is 14.0. The zero-order valence-corrected chi connectivity index (χ0v) is 12.3. The summed E-state index contributed by atoms with van der Waals surface area (Å²) in [6.07, 6.45) is 0. The number of azo groups is 1. The molecule has 0 radical (unpaired) electrons. The second-order valence-electron chi connectivity index (χ2n) is 3.55. The van der Waals surface area contributed by atoms with Crippen molar-refractivity contribution in [2.75, 3.05) is 0 Å². The fraction of sp³-hybridized carbons (Fsp3) is 0. The lowest BCUT2D eigenvalue weighted by atomic mass is 10.3. The summed E-state index contributed by atoms with van der Waals surface area (Å²) in [6, 6.07) is 7.37. The molecule has 2 rings (SSSR count). The molecule has 0 unspecified atom stereocenters. The molecule has 3 nitrogen and oxygen atoms in total. The van der Waals surface area contributed by atoms with E-state index in [9.17, 15) is 5.11 Å². The van der Waals surface area contributed by atoms with Crippen LogP contribution in [0, 0.1) is 0 Å². The molecule has 0 amide bonds. The van der Waals surface area contributed by atoms with Crippen LogP contribution in [0.4, 0.5) is 11.4 Å². The number of benzene rings is 2. The molecular weight excluding hydrogens is 330 g/mol. The van der Waals surface area contributed by atoms with Gasteiger partial charge in [0.05, 0.1) is 15.1 Å². The first-order valence-corrected chi connectivity index (χ1v) is 6.53. The number of aromatic hydroxyl groups is 1. The van der Waals surface area contributed by atoms with Crippen LogP contribution in [0.25, 0.3) is 0 Å². The van der Waals surface area contributed by atoms with Crippen molar-refractivity contribution in [2.45, 2.75) is 0 Å². The maximum atomic E-state index is 9.23. The second kappa shape index (κ2) is 5.97. The molecule has 0 aliphatic carbocycles. The minimum Gasteiger partial charge on any atom is -0.508 e. The van der Waals surface area contributed by atoms with Gasteiger partial charge in [-0.05, 0) is 24.3 Å². The molecule has 0 bridgehead atoms. The highest BCUT2D eigenvalue weighted by molar-refractivity contribution is 6.41. The van der Waals surface area contributed by atoms with Gasteiger partial charge >= 0.3 is 0 Å². The summed E-state index contributed by atoms with van der Waals surface area (Å²) >= 11 is 23.6. The molecule has 2 aromatic carbocycles. The van der Waals surface area contributed by atoms with Crippen LogP contribution in [-0.2, 0) is 0 Å². The Kier molecular flexibility index (Phi) is 4.53. The van der Waals surface area contributed by atoms with E-state index < -0.39 is 0 Å². The van der Waals surface area contributed by atoms with Gasteiger partial charge in [0.1, 0.15) is 17.1 Å². The number of phenols is 1. The van der Waals surface area contributed by atoms with Crippen LogP contribution in [0.2, 0.25) is 20.1 Å². The van der Waals surface area contributed by atoms with Gasteiger partial charge in [-0.15, -0.1) is 10.2 Å². The predicted molar refractivity (Wildman–Crippen MR) is 78.8 cm³/mol. The van der Waals surface area contributed by atoms with E-state index in [0.717, 1.165) is 0 Å². The number of nitrogens with zero attached hydrogens (tertiary/aromatic N) is 2. The van der Waals surface area contributed by atoms with E-state index >= 15 is 0 Å². The normalized spacial score (nSPS) is 11.2. The Hall–Kier alpha value is -1.000. The third-order valence-corrected chi connectivity index (χ3v) is 3.27. The fourth-order valence-electron chi connectivity index (χ4n) is 1.31. The van der Waals surface area contributed by atoms with Crippen LogP contribution >= 0.6 is 46.4 Å². The summed E-state index contributed by atoms with van der Waals surface area (Å²) in [4.78, 5) is 0. The summed E-state index contributed by atoms with van der Waals surface area (Å²) in [5.74, 6) is 0.0477. The topological polar surface area (TPSA) is 45.0 Å². The molecule has 0 aliphatic heterocycles. The van der Waals surface area contributed by atoms with E-state index in [1.807, 2.05) is 0 Å². The van der Waals surface area contributed by atoms with Gasteiger partial charge in [0.15, 0.2) is 0 Å². The van der Waals surface area contributed by atoms with Crippen molar-refractivity contribution < 1.29 is 5.11 Å². The van der Waals surface area contributed by atoms with Crippen molar-refractivity contribution in [1.82, 2.24) is 0 Å². The lowest BCUT2D eigenvalue weighted by molar-refractivity contribution is 0.475. The minimum absolute atomic E-state index is 0.0477. The van der Waals surface area contributed by atoms with Gasteiger partial charge in [-0.3, -0.25) is 0 Å². The Labute approximate surface area is 129 Å². The second-order valence-corrected chi connectivity index (χ2v) is 5.21. The average molecular weight is 336 g/mol. The van der Waals surface area contributed by atoms with Gasteiger partial charge in [-0.2, -0.15) is 0 Å². The summed E-state index contributed by atoms with van der Waals surface area (Å²) in [5.41, 5.74) is 0.693. The van der Waals surface area contributed by atoms with Crippen molar-refractivity contribution in [2.24, 2.45) is 10.2 Å². The van der Waals surface area contributed by atoms with Crippen LogP contribution in [0.3, 0.4) is 0 Å². The molecule has 98 valence electrons. The first-order chi connectivity index (χ1) is 8.97. The summed E-state index contributed by atoms with van der Waals surface area (Å²) < 4.78 is 0. The Morgan fingerprint density at radius 1 is 0.789 bits per heavy atom. The molecule has 0 aliphatic rings. The van der Waals surface area contributed by atoms with E-state index in [1.165, 1.54) is 30.3 Å². The van der Waals surface area contributed by atoms with Crippen LogP contribution in [0.5, 0.6) is 5.75 Å². The molecule has 19 heavy (non-hydrogen) atoms. The highest BCUT2D eigenvalue weighted by Gasteiger charge is 2.07. The van der Waals surface area contributed by atoms with E-state index in [4.69, 9.17) is 46.4 Å². The van der Waals surface area contributed by atoms with Gasteiger partial charge in [0.2, 0.25) is 0 Å². The highest BCUT2D eigenvalue weighted by atomic mass is 35.5. The SMILES string of the molecule is Oc1ccc(/N=N/c2c(Cl)cc(Cl)cc2Cl)c(Cl)c1. The molecular formula is C12H6Cl4N2O.